The van der Waals surface area contributed by atoms with Crippen molar-refractivity contribution in [2.45, 2.75) is 79.7 Å². The number of carbonyl (C=O) groups excluding carboxylic acids is 1. The van der Waals surface area contributed by atoms with E-state index in [0.717, 1.165) is 39.6 Å². The second kappa shape index (κ2) is 6.77. The van der Waals surface area contributed by atoms with Gasteiger partial charge in [0, 0.05) is 27.4 Å². The van der Waals surface area contributed by atoms with Crippen molar-refractivity contribution in [3.05, 3.63) is 34.0 Å². The summed E-state index contributed by atoms with van der Waals surface area (Å²) in [6.45, 7) is 16.0. The zero-order valence-corrected chi connectivity index (χ0v) is 18.0. The molecule has 0 spiro atoms. The number of H-pyrrole nitrogens is 1. The van der Waals surface area contributed by atoms with Crippen molar-refractivity contribution >= 4 is 17.2 Å². The first-order valence-corrected chi connectivity index (χ1v) is 9.84. The molecular formula is C24H35NO2. The molecular weight excluding hydrogens is 334 g/mol. The normalized spacial score (nSPS) is 25.6. The summed E-state index contributed by atoms with van der Waals surface area (Å²) in [5.74, 6) is -1.21. The fraction of sp³-hybridized carbons (Fsp3) is 0.625. The summed E-state index contributed by atoms with van der Waals surface area (Å²) >= 11 is 0. The SMILES string of the molecule is [2H]C(C)(C)C([2H])([2H])c1c(C)c(C)cc2c3c([nH]c12)[C@](CC=O)(C(C)(C)C)OCC3C. The molecule has 0 fully saturated rings. The second-order valence-electron chi connectivity index (χ2n) is 9.31. The molecule has 2 aromatic rings. The predicted molar refractivity (Wildman–Crippen MR) is 112 cm³/mol. The predicted octanol–water partition coefficient (Wildman–Crippen LogP) is 5.95. The van der Waals surface area contributed by atoms with Crippen LogP contribution in [0, 0.1) is 25.2 Å². The molecule has 0 amide bonds. The first-order valence-electron chi connectivity index (χ1n) is 11.3. The van der Waals surface area contributed by atoms with Crippen LogP contribution in [0.25, 0.3) is 10.9 Å². The summed E-state index contributed by atoms with van der Waals surface area (Å²) < 4.78 is 32.6. The zero-order valence-electron chi connectivity index (χ0n) is 21.0. The molecule has 2 atom stereocenters. The minimum Gasteiger partial charge on any atom is -0.367 e. The number of benzene rings is 1. The number of ether oxygens (including phenoxy) is 1. The van der Waals surface area contributed by atoms with Gasteiger partial charge in [0.15, 0.2) is 0 Å². The number of hydrogen-bond donors (Lipinski definition) is 1. The number of carbonyl (C=O) groups is 1. The molecule has 0 saturated carbocycles. The number of aromatic amines is 1. The zero-order chi connectivity index (χ0) is 22.9. The van der Waals surface area contributed by atoms with Crippen LogP contribution in [0.1, 0.15) is 85.9 Å². The molecule has 1 aliphatic heterocycles. The summed E-state index contributed by atoms with van der Waals surface area (Å²) in [5, 5.41) is 0.978. The van der Waals surface area contributed by atoms with Gasteiger partial charge in [-0.2, -0.15) is 0 Å². The van der Waals surface area contributed by atoms with Gasteiger partial charge in [0.25, 0.3) is 0 Å². The van der Waals surface area contributed by atoms with Gasteiger partial charge in [-0.05, 0) is 59.8 Å². The van der Waals surface area contributed by atoms with Crippen LogP contribution < -0.4 is 0 Å². The number of aryl methyl sites for hydroxylation is 1. The fourth-order valence-electron chi connectivity index (χ4n) is 4.42. The Morgan fingerprint density at radius 3 is 2.67 bits per heavy atom. The van der Waals surface area contributed by atoms with Crippen molar-refractivity contribution < 1.29 is 13.6 Å². The van der Waals surface area contributed by atoms with E-state index in [9.17, 15) is 4.79 Å². The van der Waals surface area contributed by atoms with Gasteiger partial charge in [0.1, 0.15) is 11.9 Å². The van der Waals surface area contributed by atoms with Crippen LogP contribution in [0.15, 0.2) is 6.07 Å². The van der Waals surface area contributed by atoms with E-state index < -0.39 is 17.9 Å². The highest BCUT2D eigenvalue weighted by Gasteiger charge is 2.50. The monoisotopic (exact) mass is 372 g/mol. The van der Waals surface area contributed by atoms with Crippen LogP contribution in [0.5, 0.6) is 0 Å². The molecule has 1 aromatic carbocycles. The number of rotatable bonds is 4. The molecule has 2 heterocycles. The smallest absolute Gasteiger partial charge is 0.123 e. The van der Waals surface area contributed by atoms with Gasteiger partial charge in [0.2, 0.25) is 0 Å². The molecule has 3 nitrogen and oxygen atoms in total. The molecule has 27 heavy (non-hydrogen) atoms. The van der Waals surface area contributed by atoms with Crippen LogP contribution in [0.2, 0.25) is 0 Å². The summed E-state index contributed by atoms with van der Waals surface area (Å²) in [7, 11) is 0. The van der Waals surface area contributed by atoms with Crippen LogP contribution >= 0.6 is 0 Å². The van der Waals surface area contributed by atoms with Gasteiger partial charge in [-0.15, -0.1) is 0 Å². The quantitative estimate of drug-likeness (QED) is 0.674. The lowest BCUT2D eigenvalue weighted by atomic mass is 9.69. The number of hydrogen-bond acceptors (Lipinski definition) is 2. The summed E-state index contributed by atoms with van der Waals surface area (Å²) in [6.07, 6.45) is -0.721. The number of aldehydes is 1. The maximum Gasteiger partial charge on any atom is 0.123 e. The lowest BCUT2D eigenvalue weighted by molar-refractivity contribution is -0.151. The molecule has 0 saturated heterocycles. The molecule has 0 bridgehead atoms. The molecule has 1 unspecified atom stereocenters. The Hall–Kier alpha value is -1.61. The average molecular weight is 373 g/mol. The standard InChI is InChI=1S/C24H35NO2/c1-14(2)11-18-17(5)15(3)12-19-20-16(4)13-27-24(9-10-26,23(6,7)8)22(20)25-21(18)19/h10,12,14,16,25H,9,11,13H2,1-8H3/t16?,24-/m1/s1/i11D2,14D. The highest BCUT2D eigenvalue weighted by Crippen LogP contribution is 2.52. The lowest BCUT2D eigenvalue weighted by Crippen LogP contribution is -2.47. The van der Waals surface area contributed by atoms with E-state index in [4.69, 9.17) is 8.85 Å². The van der Waals surface area contributed by atoms with Gasteiger partial charge in [-0.1, -0.05) is 41.5 Å². The summed E-state index contributed by atoms with van der Waals surface area (Å²) in [4.78, 5) is 15.3. The number of nitrogens with one attached hydrogen (secondary N) is 1. The van der Waals surface area contributed by atoms with Crippen molar-refractivity contribution in [1.29, 1.82) is 0 Å². The third kappa shape index (κ3) is 3.04. The molecule has 148 valence electrons. The van der Waals surface area contributed by atoms with E-state index in [1.54, 1.807) is 13.8 Å². The van der Waals surface area contributed by atoms with Gasteiger partial charge in [-0.3, -0.25) is 0 Å². The molecule has 1 N–H and O–H groups in total. The second-order valence-corrected chi connectivity index (χ2v) is 9.31. The van der Waals surface area contributed by atoms with Crippen molar-refractivity contribution in [1.82, 2.24) is 4.98 Å². The maximum atomic E-state index is 11.7. The van der Waals surface area contributed by atoms with E-state index in [2.05, 4.69) is 38.7 Å². The molecule has 0 radical (unpaired) electrons. The van der Waals surface area contributed by atoms with Crippen LogP contribution in [0.4, 0.5) is 0 Å². The van der Waals surface area contributed by atoms with E-state index in [-0.39, 0.29) is 17.8 Å². The summed E-state index contributed by atoms with van der Waals surface area (Å²) in [6, 6.07) is 2.12. The Bertz CT molecular complexity index is 995. The molecule has 1 aliphatic rings. The number of fused-ring (bicyclic) bond motifs is 3. The number of aromatic nitrogens is 1. The first kappa shape index (κ1) is 16.4. The van der Waals surface area contributed by atoms with Crippen molar-refractivity contribution in [2.24, 2.45) is 11.3 Å². The van der Waals surface area contributed by atoms with E-state index >= 15 is 0 Å². The third-order valence-corrected chi connectivity index (χ3v) is 6.09. The Balaban J connectivity index is 2.50. The van der Waals surface area contributed by atoms with Gasteiger partial charge < -0.3 is 14.5 Å². The van der Waals surface area contributed by atoms with E-state index in [1.807, 2.05) is 13.8 Å². The minimum atomic E-state index is -1.87. The lowest BCUT2D eigenvalue weighted by Gasteiger charge is -2.47. The molecule has 1 aromatic heterocycles. The van der Waals surface area contributed by atoms with E-state index in [0.29, 0.717) is 12.2 Å². The average Bonchev–Trinajstić information content (AvgIpc) is 2.96. The van der Waals surface area contributed by atoms with Gasteiger partial charge in [0.05, 0.1) is 12.3 Å². The van der Waals surface area contributed by atoms with Crippen LogP contribution in [-0.2, 0) is 21.5 Å². The molecule has 3 rings (SSSR count). The minimum absolute atomic E-state index is 0.112. The summed E-state index contributed by atoms with van der Waals surface area (Å²) in [5.41, 5.74) is 3.95. The highest BCUT2D eigenvalue weighted by atomic mass is 16.5. The Morgan fingerprint density at radius 1 is 1.44 bits per heavy atom. The van der Waals surface area contributed by atoms with Gasteiger partial charge >= 0.3 is 0 Å². The Morgan fingerprint density at radius 2 is 2.11 bits per heavy atom. The fourth-order valence-corrected chi connectivity index (χ4v) is 4.42. The maximum absolute atomic E-state index is 11.7. The van der Waals surface area contributed by atoms with Crippen LogP contribution in [0.3, 0.4) is 0 Å². The molecule has 0 aliphatic carbocycles. The van der Waals surface area contributed by atoms with Gasteiger partial charge in [-0.25, -0.2) is 0 Å². The first-order chi connectivity index (χ1) is 13.6. The topological polar surface area (TPSA) is 42.1 Å². The van der Waals surface area contributed by atoms with Crippen molar-refractivity contribution in [3.8, 4) is 0 Å². The molecule has 3 heteroatoms. The van der Waals surface area contributed by atoms with Crippen LogP contribution in [-0.4, -0.2) is 17.9 Å². The highest BCUT2D eigenvalue weighted by molar-refractivity contribution is 5.90. The van der Waals surface area contributed by atoms with Crippen molar-refractivity contribution in [2.75, 3.05) is 6.61 Å². The Labute approximate surface area is 168 Å². The van der Waals surface area contributed by atoms with E-state index in [1.165, 1.54) is 0 Å². The van der Waals surface area contributed by atoms with Crippen molar-refractivity contribution in [3.63, 3.8) is 0 Å². The Kier molecular flexibility index (Phi) is 4.10. The largest absolute Gasteiger partial charge is 0.367 e. The third-order valence-electron chi connectivity index (χ3n) is 6.09.